The van der Waals surface area contributed by atoms with Crippen LogP contribution in [0.15, 0.2) is 24.3 Å². The molecular weight excluding hydrogens is 376 g/mol. The van der Waals surface area contributed by atoms with E-state index in [1.165, 1.54) is 16.9 Å². The molecule has 0 aliphatic rings. The Bertz CT molecular complexity index is 817. The van der Waals surface area contributed by atoms with Crippen LogP contribution in [-0.2, 0) is 15.6 Å². The van der Waals surface area contributed by atoms with E-state index in [0.717, 1.165) is 29.5 Å². The van der Waals surface area contributed by atoms with E-state index in [9.17, 15) is 9.59 Å². The van der Waals surface area contributed by atoms with Crippen LogP contribution in [0.1, 0.15) is 55.3 Å². The number of aliphatic carboxylic acids is 1. The summed E-state index contributed by atoms with van der Waals surface area (Å²) in [6.45, 7) is 12.1. The second kappa shape index (κ2) is 8.67. The van der Waals surface area contributed by atoms with Gasteiger partial charge in [0, 0.05) is 17.7 Å². The van der Waals surface area contributed by atoms with Crippen LogP contribution in [0.5, 0.6) is 0 Å². The third-order valence-corrected chi connectivity index (χ3v) is 11.0. The van der Waals surface area contributed by atoms with Gasteiger partial charge in [-0.1, -0.05) is 32.9 Å². The zero-order valence-electron chi connectivity index (χ0n) is 16.9. The SMILES string of the molecule is CC(C)(C)[Si](C)(C)OCCCc1ccc2sc(C(=O)CCC(=O)O)cc2c1. The molecule has 0 saturated heterocycles. The molecule has 148 valence electrons. The van der Waals surface area contributed by atoms with E-state index < -0.39 is 14.3 Å². The van der Waals surface area contributed by atoms with Crippen LogP contribution in [0.3, 0.4) is 0 Å². The van der Waals surface area contributed by atoms with E-state index in [1.807, 2.05) is 6.07 Å². The molecule has 4 nitrogen and oxygen atoms in total. The molecule has 1 aromatic heterocycles. The molecule has 0 aliphatic heterocycles. The predicted molar refractivity (Wildman–Crippen MR) is 114 cm³/mol. The first-order valence-electron chi connectivity index (χ1n) is 9.41. The number of hydrogen-bond acceptors (Lipinski definition) is 4. The van der Waals surface area contributed by atoms with Crippen molar-refractivity contribution in [1.82, 2.24) is 0 Å². The number of aryl methyl sites for hydroxylation is 1. The zero-order valence-corrected chi connectivity index (χ0v) is 18.7. The van der Waals surface area contributed by atoms with Crippen molar-refractivity contribution in [3.8, 4) is 0 Å². The van der Waals surface area contributed by atoms with Crippen molar-refractivity contribution in [3.63, 3.8) is 0 Å². The lowest BCUT2D eigenvalue weighted by Gasteiger charge is -2.36. The van der Waals surface area contributed by atoms with E-state index in [2.05, 4.69) is 52.1 Å². The number of carbonyl (C=O) groups is 2. The highest BCUT2D eigenvalue weighted by Crippen LogP contribution is 2.36. The lowest BCUT2D eigenvalue weighted by Crippen LogP contribution is -2.41. The van der Waals surface area contributed by atoms with E-state index in [4.69, 9.17) is 9.53 Å². The quantitative estimate of drug-likeness (QED) is 0.320. The fourth-order valence-electron chi connectivity index (χ4n) is 2.55. The van der Waals surface area contributed by atoms with Gasteiger partial charge in [0.1, 0.15) is 0 Å². The first-order valence-corrected chi connectivity index (χ1v) is 13.1. The van der Waals surface area contributed by atoms with Crippen LogP contribution >= 0.6 is 11.3 Å². The van der Waals surface area contributed by atoms with Gasteiger partial charge in [-0.3, -0.25) is 9.59 Å². The van der Waals surface area contributed by atoms with Gasteiger partial charge >= 0.3 is 5.97 Å². The molecule has 0 aliphatic carbocycles. The molecule has 0 radical (unpaired) electrons. The summed E-state index contributed by atoms with van der Waals surface area (Å²) in [5, 5.41) is 10.0. The molecule has 27 heavy (non-hydrogen) atoms. The van der Waals surface area contributed by atoms with Crippen molar-refractivity contribution >= 4 is 41.5 Å². The minimum Gasteiger partial charge on any atom is -0.481 e. The third kappa shape index (κ3) is 5.99. The van der Waals surface area contributed by atoms with E-state index >= 15 is 0 Å². The highest BCUT2D eigenvalue weighted by molar-refractivity contribution is 7.20. The highest BCUT2D eigenvalue weighted by Gasteiger charge is 2.36. The van der Waals surface area contributed by atoms with Crippen LogP contribution in [0.2, 0.25) is 18.1 Å². The maximum absolute atomic E-state index is 12.1. The Morgan fingerprint density at radius 1 is 1.15 bits per heavy atom. The van der Waals surface area contributed by atoms with Crippen LogP contribution in [-0.4, -0.2) is 31.8 Å². The van der Waals surface area contributed by atoms with Crippen LogP contribution in [0.25, 0.3) is 10.1 Å². The Balaban J connectivity index is 1.94. The number of thiophene rings is 1. The Labute approximate surface area is 166 Å². The van der Waals surface area contributed by atoms with Gasteiger partial charge in [-0.25, -0.2) is 0 Å². The summed E-state index contributed by atoms with van der Waals surface area (Å²) in [4.78, 5) is 23.4. The summed E-state index contributed by atoms with van der Waals surface area (Å²) in [6, 6.07) is 8.18. The first kappa shape index (κ1) is 21.8. The molecular formula is C21H30O4SSi. The maximum atomic E-state index is 12.1. The first-order chi connectivity index (χ1) is 12.5. The summed E-state index contributed by atoms with van der Waals surface area (Å²) in [7, 11) is -1.69. The molecule has 2 rings (SSSR count). The minimum absolute atomic E-state index is 0.0554. The largest absolute Gasteiger partial charge is 0.481 e. The Morgan fingerprint density at radius 3 is 2.48 bits per heavy atom. The van der Waals surface area contributed by atoms with Crippen molar-refractivity contribution in [3.05, 3.63) is 34.7 Å². The van der Waals surface area contributed by atoms with Gasteiger partial charge in [-0.05, 0) is 54.1 Å². The van der Waals surface area contributed by atoms with Crippen molar-refractivity contribution < 1.29 is 19.1 Å². The summed E-state index contributed by atoms with van der Waals surface area (Å²) < 4.78 is 7.30. The molecule has 1 heterocycles. The van der Waals surface area contributed by atoms with Gasteiger partial charge in [0.15, 0.2) is 14.1 Å². The Hall–Kier alpha value is -1.50. The lowest BCUT2D eigenvalue weighted by molar-refractivity contribution is -0.136. The van der Waals surface area contributed by atoms with Crippen molar-refractivity contribution in [2.24, 2.45) is 0 Å². The number of carboxylic acids is 1. The summed E-state index contributed by atoms with van der Waals surface area (Å²) in [5.74, 6) is -1.03. The van der Waals surface area contributed by atoms with E-state index in [1.54, 1.807) is 0 Å². The van der Waals surface area contributed by atoms with Crippen LogP contribution < -0.4 is 0 Å². The Kier molecular flexibility index (Phi) is 7.00. The van der Waals surface area contributed by atoms with Crippen LogP contribution in [0.4, 0.5) is 0 Å². The monoisotopic (exact) mass is 406 g/mol. The molecule has 0 saturated carbocycles. The molecule has 1 N–H and O–H groups in total. The average Bonchev–Trinajstić information content (AvgIpc) is 2.98. The number of fused-ring (bicyclic) bond motifs is 1. The maximum Gasteiger partial charge on any atom is 0.303 e. The number of carboxylic acid groups (broad SMARTS) is 1. The summed E-state index contributed by atoms with van der Waals surface area (Å²) in [5.41, 5.74) is 1.24. The minimum atomic E-state index is -1.69. The van der Waals surface area contributed by atoms with E-state index in [0.29, 0.717) is 4.88 Å². The summed E-state index contributed by atoms with van der Waals surface area (Å²) >= 11 is 1.44. The third-order valence-electron chi connectivity index (χ3n) is 5.30. The fraction of sp³-hybridized carbons (Fsp3) is 0.524. The fourth-order valence-corrected chi connectivity index (χ4v) is 4.65. The number of benzene rings is 1. The molecule has 1 aromatic carbocycles. The average molecular weight is 407 g/mol. The number of carbonyl (C=O) groups excluding carboxylic acids is 1. The smallest absolute Gasteiger partial charge is 0.303 e. The van der Waals surface area contributed by atoms with Gasteiger partial charge in [-0.2, -0.15) is 0 Å². The number of rotatable bonds is 9. The second-order valence-corrected chi connectivity index (χ2v) is 14.4. The topological polar surface area (TPSA) is 63.6 Å². The normalized spacial score (nSPS) is 12.5. The summed E-state index contributed by atoms with van der Waals surface area (Å²) in [6.07, 6.45) is 1.86. The van der Waals surface area contributed by atoms with Gasteiger partial charge in [0.05, 0.1) is 11.3 Å². The molecule has 2 aromatic rings. The van der Waals surface area contributed by atoms with Crippen LogP contribution in [0, 0.1) is 0 Å². The van der Waals surface area contributed by atoms with Gasteiger partial charge in [0.25, 0.3) is 0 Å². The lowest BCUT2D eigenvalue weighted by atomic mass is 10.1. The highest BCUT2D eigenvalue weighted by atomic mass is 32.1. The second-order valence-electron chi connectivity index (χ2n) is 8.51. The molecule has 0 bridgehead atoms. The van der Waals surface area contributed by atoms with Gasteiger partial charge in [0.2, 0.25) is 0 Å². The van der Waals surface area contributed by atoms with Gasteiger partial charge < -0.3 is 9.53 Å². The van der Waals surface area contributed by atoms with E-state index in [-0.39, 0.29) is 23.7 Å². The van der Waals surface area contributed by atoms with Crippen molar-refractivity contribution in [2.45, 2.75) is 64.6 Å². The molecule has 0 fully saturated rings. The number of Topliss-reactive ketones (excluding diaryl/α,β-unsaturated/α-hetero) is 1. The zero-order chi connectivity index (χ0) is 20.2. The molecule has 0 spiro atoms. The van der Waals surface area contributed by atoms with Gasteiger partial charge in [-0.15, -0.1) is 11.3 Å². The van der Waals surface area contributed by atoms with Crippen molar-refractivity contribution in [2.75, 3.05) is 6.61 Å². The standard InChI is InChI=1S/C21H30O4SSi/c1-21(2,3)27(4,5)25-12-6-7-15-8-10-18-16(13-15)14-19(26-18)17(22)9-11-20(23)24/h8,10,13-14H,6-7,9,11-12H2,1-5H3,(H,23,24). The number of ketones is 1. The van der Waals surface area contributed by atoms with Crippen molar-refractivity contribution in [1.29, 1.82) is 0 Å². The molecule has 0 atom stereocenters. The molecule has 6 heteroatoms. The number of hydrogen-bond donors (Lipinski definition) is 1. The Morgan fingerprint density at radius 2 is 1.85 bits per heavy atom. The predicted octanol–water partition coefficient (Wildman–Crippen LogP) is 5.90. The molecule has 0 amide bonds. The molecule has 0 unspecified atom stereocenters.